The summed E-state index contributed by atoms with van der Waals surface area (Å²) in [5, 5.41) is 2.33. The Kier molecular flexibility index (Phi) is 4.73. The Bertz CT molecular complexity index is 381. The minimum Gasteiger partial charge on any atom is -0.329 e. The van der Waals surface area contributed by atoms with Gasteiger partial charge in [-0.15, -0.1) is 0 Å². The van der Waals surface area contributed by atoms with Crippen LogP contribution < -0.4 is 11.1 Å². The molecule has 1 aromatic carbocycles. The molecule has 17 heavy (non-hydrogen) atoms. The van der Waals surface area contributed by atoms with Crippen LogP contribution in [0, 0.1) is 5.82 Å². The zero-order valence-electron chi connectivity index (χ0n) is 8.69. The molecule has 7 heteroatoms. The number of rotatable bonds is 4. The van der Waals surface area contributed by atoms with E-state index in [0.717, 1.165) is 6.07 Å². The van der Waals surface area contributed by atoms with Crippen molar-refractivity contribution in [2.45, 2.75) is 12.2 Å². The van der Waals surface area contributed by atoms with Gasteiger partial charge in [-0.05, 0) is 12.1 Å². The molecule has 0 fully saturated rings. The zero-order valence-corrected chi connectivity index (χ0v) is 9.45. The van der Waals surface area contributed by atoms with E-state index in [9.17, 15) is 17.6 Å². The molecule has 0 saturated carbocycles. The SMILES string of the molecule is NCC(NCC(F)(F)F)c1ccc(Cl)cc1F. The Morgan fingerprint density at radius 1 is 1.35 bits per heavy atom. The molecule has 0 saturated heterocycles. The molecule has 1 atom stereocenters. The second-order valence-electron chi connectivity index (χ2n) is 3.45. The van der Waals surface area contributed by atoms with Crippen LogP contribution in [0.15, 0.2) is 18.2 Å². The smallest absolute Gasteiger partial charge is 0.329 e. The van der Waals surface area contributed by atoms with Crippen LogP contribution in [-0.2, 0) is 0 Å². The van der Waals surface area contributed by atoms with E-state index in [4.69, 9.17) is 17.3 Å². The van der Waals surface area contributed by atoms with Crippen LogP contribution >= 0.6 is 11.6 Å². The van der Waals surface area contributed by atoms with E-state index in [2.05, 4.69) is 5.32 Å². The van der Waals surface area contributed by atoms with Crippen molar-refractivity contribution < 1.29 is 17.6 Å². The monoisotopic (exact) mass is 270 g/mol. The minimum absolute atomic E-state index is 0.0705. The Morgan fingerprint density at radius 2 is 2.00 bits per heavy atom. The van der Waals surface area contributed by atoms with Gasteiger partial charge in [0.2, 0.25) is 0 Å². The minimum atomic E-state index is -4.36. The molecule has 0 aliphatic heterocycles. The predicted octanol–water partition coefficient (Wildman–Crippen LogP) is 2.63. The van der Waals surface area contributed by atoms with Crippen LogP contribution in [0.25, 0.3) is 0 Å². The summed E-state index contributed by atoms with van der Waals surface area (Å²) >= 11 is 5.54. The van der Waals surface area contributed by atoms with Crippen LogP contribution in [0.1, 0.15) is 11.6 Å². The third kappa shape index (κ3) is 4.49. The zero-order chi connectivity index (χ0) is 13.1. The predicted molar refractivity (Wildman–Crippen MR) is 57.3 cm³/mol. The molecule has 0 aliphatic rings. The van der Waals surface area contributed by atoms with E-state index < -0.39 is 24.6 Å². The van der Waals surface area contributed by atoms with Crippen molar-refractivity contribution in [1.29, 1.82) is 0 Å². The Hall–Kier alpha value is -0.850. The average Bonchev–Trinajstić information content (AvgIpc) is 2.19. The number of nitrogens with one attached hydrogen (secondary N) is 1. The fourth-order valence-corrected chi connectivity index (χ4v) is 1.50. The molecule has 0 amide bonds. The molecule has 0 radical (unpaired) electrons. The molecule has 0 bridgehead atoms. The van der Waals surface area contributed by atoms with Crippen molar-refractivity contribution in [3.05, 3.63) is 34.6 Å². The van der Waals surface area contributed by atoms with Gasteiger partial charge in [-0.1, -0.05) is 17.7 Å². The normalized spacial score (nSPS) is 13.8. The molecule has 0 aliphatic carbocycles. The van der Waals surface area contributed by atoms with Crippen molar-refractivity contribution in [2.24, 2.45) is 5.73 Å². The Balaban J connectivity index is 2.79. The molecule has 1 rings (SSSR count). The van der Waals surface area contributed by atoms with Crippen molar-refractivity contribution in [3.63, 3.8) is 0 Å². The summed E-state index contributed by atoms with van der Waals surface area (Å²) in [6.45, 7) is -1.37. The van der Waals surface area contributed by atoms with Gasteiger partial charge >= 0.3 is 6.18 Å². The molecule has 0 aromatic heterocycles. The van der Waals surface area contributed by atoms with Crippen LogP contribution in [0.4, 0.5) is 17.6 Å². The largest absolute Gasteiger partial charge is 0.401 e. The third-order valence-corrected chi connectivity index (χ3v) is 2.36. The lowest BCUT2D eigenvalue weighted by molar-refractivity contribution is -0.126. The van der Waals surface area contributed by atoms with E-state index in [1.54, 1.807) is 0 Å². The summed E-state index contributed by atoms with van der Waals surface area (Å²) in [5.41, 5.74) is 5.38. The van der Waals surface area contributed by atoms with Gasteiger partial charge in [0.15, 0.2) is 0 Å². The quantitative estimate of drug-likeness (QED) is 0.826. The van der Waals surface area contributed by atoms with E-state index in [1.165, 1.54) is 12.1 Å². The summed E-state index contributed by atoms with van der Waals surface area (Å²) in [6.07, 6.45) is -4.36. The van der Waals surface area contributed by atoms with Gasteiger partial charge in [0.05, 0.1) is 6.54 Å². The van der Waals surface area contributed by atoms with Gasteiger partial charge in [0.25, 0.3) is 0 Å². The molecule has 1 aromatic rings. The lowest BCUT2D eigenvalue weighted by Crippen LogP contribution is -2.36. The second kappa shape index (κ2) is 5.66. The van der Waals surface area contributed by atoms with E-state index >= 15 is 0 Å². The van der Waals surface area contributed by atoms with Crippen molar-refractivity contribution >= 4 is 11.6 Å². The number of alkyl halides is 3. The Morgan fingerprint density at radius 3 is 2.47 bits per heavy atom. The van der Waals surface area contributed by atoms with E-state index in [-0.39, 0.29) is 17.1 Å². The van der Waals surface area contributed by atoms with E-state index in [1.807, 2.05) is 0 Å². The first-order valence-corrected chi connectivity index (χ1v) is 5.16. The van der Waals surface area contributed by atoms with Gasteiger partial charge in [-0.2, -0.15) is 13.2 Å². The first-order chi connectivity index (χ1) is 7.83. The highest BCUT2D eigenvalue weighted by Crippen LogP contribution is 2.21. The van der Waals surface area contributed by atoms with Gasteiger partial charge < -0.3 is 11.1 Å². The number of halogens is 5. The number of nitrogens with two attached hydrogens (primary N) is 1. The van der Waals surface area contributed by atoms with Crippen LogP contribution in [0.2, 0.25) is 5.02 Å². The maximum Gasteiger partial charge on any atom is 0.401 e. The van der Waals surface area contributed by atoms with Gasteiger partial charge in [0, 0.05) is 23.2 Å². The van der Waals surface area contributed by atoms with Crippen molar-refractivity contribution in [3.8, 4) is 0 Å². The summed E-state index contributed by atoms with van der Waals surface area (Å²) < 4.78 is 49.5. The molecule has 1 unspecified atom stereocenters. The standard InChI is InChI=1S/C10H11ClF4N2/c11-6-1-2-7(8(12)3-6)9(4-16)17-5-10(13,14)15/h1-3,9,17H,4-5,16H2. The van der Waals surface area contributed by atoms with Crippen molar-refractivity contribution in [2.75, 3.05) is 13.1 Å². The average molecular weight is 271 g/mol. The number of benzene rings is 1. The Labute approximate surface area is 101 Å². The van der Waals surface area contributed by atoms with Gasteiger partial charge in [-0.25, -0.2) is 4.39 Å². The topological polar surface area (TPSA) is 38.0 Å². The first-order valence-electron chi connectivity index (χ1n) is 4.78. The summed E-state index contributed by atoms with van der Waals surface area (Å²) in [5.74, 6) is -0.678. The molecule has 3 N–H and O–H groups in total. The molecule has 0 heterocycles. The lowest BCUT2D eigenvalue weighted by atomic mass is 10.1. The summed E-state index contributed by atoms with van der Waals surface area (Å²) in [7, 11) is 0. The maximum atomic E-state index is 13.4. The van der Waals surface area contributed by atoms with E-state index in [0.29, 0.717) is 0 Å². The van der Waals surface area contributed by atoms with Crippen LogP contribution in [0.5, 0.6) is 0 Å². The maximum absolute atomic E-state index is 13.4. The highest BCUT2D eigenvalue weighted by Gasteiger charge is 2.28. The third-order valence-electron chi connectivity index (χ3n) is 2.12. The second-order valence-corrected chi connectivity index (χ2v) is 3.89. The van der Waals surface area contributed by atoms with Gasteiger partial charge in [0.1, 0.15) is 5.82 Å². The highest BCUT2D eigenvalue weighted by molar-refractivity contribution is 6.30. The number of hydrogen-bond acceptors (Lipinski definition) is 2. The fraction of sp³-hybridized carbons (Fsp3) is 0.400. The number of hydrogen-bond donors (Lipinski definition) is 2. The fourth-order valence-electron chi connectivity index (χ4n) is 1.34. The van der Waals surface area contributed by atoms with Crippen LogP contribution in [-0.4, -0.2) is 19.3 Å². The molecule has 96 valence electrons. The molecular weight excluding hydrogens is 260 g/mol. The van der Waals surface area contributed by atoms with Crippen molar-refractivity contribution in [1.82, 2.24) is 5.32 Å². The van der Waals surface area contributed by atoms with Gasteiger partial charge in [-0.3, -0.25) is 0 Å². The molecule has 2 nitrogen and oxygen atoms in total. The first kappa shape index (κ1) is 14.2. The summed E-state index contributed by atoms with van der Waals surface area (Å²) in [4.78, 5) is 0. The van der Waals surface area contributed by atoms with Crippen LogP contribution in [0.3, 0.4) is 0 Å². The summed E-state index contributed by atoms with van der Waals surface area (Å²) in [6, 6.07) is 2.86. The molecule has 0 spiro atoms. The highest BCUT2D eigenvalue weighted by atomic mass is 35.5. The molecular formula is C10H11ClF4N2. The lowest BCUT2D eigenvalue weighted by Gasteiger charge is -2.19.